The second-order valence-corrected chi connectivity index (χ2v) is 9.33. The van der Waals surface area contributed by atoms with Crippen LogP contribution in [0.1, 0.15) is 0 Å². The van der Waals surface area contributed by atoms with Gasteiger partial charge in [-0.05, 0) is 88.0 Å². The Morgan fingerprint density at radius 3 is 1.32 bits per heavy atom. The van der Waals surface area contributed by atoms with Crippen LogP contribution in [0.2, 0.25) is 0 Å². The van der Waals surface area contributed by atoms with Gasteiger partial charge in [0.1, 0.15) is 0 Å². The van der Waals surface area contributed by atoms with E-state index in [0.29, 0.717) is 9.79 Å². The normalized spacial score (nSPS) is 15.2. The lowest BCUT2D eigenvalue weighted by molar-refractivity contribution is 0.598. The van der Waals surface area contributed by atoms with Gasteiger partial charge in [-0.2, -0.15) is 0 Å². The van der Waals surface area contributed by atoms with Crippen LogP contribution in [0, 0.1) is 0 Å². The van der Waals surface area contributed by atoms with Crippen molar-refractivity contribution in [3.63, 3.8) is 0 Å². The number of sulfone groups is 1. The monoisotopic (exact) mass is 528 g/mol. The first kappa shape index (κ1) is 14.3. The lowest BCUT2D eigenvalue weighted by atomic mass is 10.1. The summed E-state index contributed by atoms with van der Waals surface area (Å²) in [6, 6.07) is 6.92. The zero-order chi connectivity index (χ0) is 13.9. The predicted molar refractivity (Wildman–Crippen MR) is 88.1 cm³/mol. The van der Waals surface area contributed by atoms with Crippen molar-refractivity contribution >= 4 is 73.6 Å². The number of hydrogen-bond acceptors (Lipinski definition) is 2. The van der Waals surface area contributed by atoms with Crippen LogP contribution in [0.3, 0.4) is 0 Å². The lowest BCUT2D eigenvalue weighted by Crippen LogP contribution is -1.96. The zero-order valence-electron chi connectivity index (χ0n) is 9.05. The number of rotatable bonds is 0. The van der Waals surface area contributed by atoms with Crippen molar-refractivity contribution in [2.45, 2.75) is 9.79 Å². The molecular weight excluding hydrogens is 528 g/mol. The molecule has 0 aromatic heterocycles. The van der Waals surface area contributed by atoms with E-state index in [1.807, 2.05) is 12.1 Å². The molecule has 0 unspecified atom stereocenters. The second-order valence-electron chi connectivity index (χ2n) is 4.03. The van der Waals surface area contributed by atoms with E-state index in [2.05, 4.69) is 63.7 Å². The largest absolute Gasteiger partial charge is 0.218 e. The van der Waals surface area contributed by atoms with Gasteiger partial charge in [-0.3, -0.25) is 0 Å². The SMILES string of the molecule is O=S1(=O)c2cc(Br)c(Br)cc2-c2cc(Br)c(Br)cc21. The number of halogens is 4. The Morgan fingerprint density at radius 1 is 0.632 bits per heavy atom. The molecule has 0 amide bonds. The molecule has 98 valence electrons. The molecule has 1 aliphatic rings. The third-order valence-electron chi connectivity index (χ3n) is 2.91. The fourth-order valence-electron chi connectivity index (χ4n) is 2.04. The van der Waals surface area contributed by atoms with Gasteiger partial charge in [-0.15, -0.1) is 0 Å². The van der Waals surface area contributed by atoms with Gasteiger partial charge in [0.2, 0.25) is 9.84 Å². The first-order valence-electron chi connectivity index (χ1n) is 5.06. The first-order chi connectivity index (χ1) is 8.82. The van der Waals surface area contributed by atoms with Crippen molar-refractivity contribution in [1.29, 1.82) is 0 Å². The Kier molecular flexibility index (Phi) is 3.50. The molecule has 2 aromatic carbocycles. The molecule has 0 radical (unpaired) electrons. The molecule has 7 heteroatoms. The number of fused-ring (bicyclic) bond motifs is 3. The third-order valence-corrected chi connectivity index (χ3v) is 8.44. The van der Waals surface area contributed by atoms with Crippen LogP contribution in [-0.2, 0) is 9.84 Å². The van der Waals surface area contributed by atoms with Crippen molar-refractivity contribution in [2.75, 3.05) is 0 Å². The minimum atomic E-state index is -3.45. The maximum Gasteiger partial charge on any atom is 0.207 e. The Balaban J connectivity index is 2.48. The highest BCUT2D eigenvalue weighted by Crippen LogP contribution is 2.48. The lowest BCUT2D eigenvalue weighted by Gasteiger charge is -2.03. The highest BCUT2D eigenvalue weighted by Gasteiger charge is 2.34. The van der Waals surface area contributed by atoms with E-state index in [1.54, 1.807) is 12.1 Å². The molecule has 0 bridgehead atoms. The third kappa shape index (κ3) is 2.09. The van der Waals surface area contributed by atoms with Gasteiger partial charge in [-0.25, -0.2) is 8.42 Å². The van der Waals surface area contributed by atoms with Crippen LogP contribution in [0.4, 0.5) is 0 Å². The molecular formula is C12H4Br4O2S. The summed E-state index contributed by atoms with van der Waals surface area (Å²) in [5.41, 5.74) is 1.44. The Morgan fingerprint density at radius 2 is 0.947 bits per heavy atom. The van der Waals surface area contributed by atoms with Crippen molar-refractivity contribution in [1.82, 2.24) is 0 Å². The Labute approximate surface area is 144 Å². The minimum Gasteiger partial charge on any atom is -0.218 e. The standard InChI is InChI=1S/C12H4Br4O2S/c13-7-1-5-6-2-8(14)10(16)4-12(6)19(17,18)11(5)3-9(7)15/h1-4H. The van der Waals surface area contributed by atoms with Crippen molar-refractivity contribution in [3.8, 4) is 11.1 Å². The van der Waals surface area contributed by atoms with Crippen LogP contribution in [0.25, 0.3) is 11.1 Å². The molecule has 0 saturated carbocycles. The van der Waals surface area contributed by atoms with Crippen LogP contribution >= 0.6 is 63.7 Å². The van der Waals surface area contributed by atoms with E-state index in [1.165, 1.54) is 0 Å². The van der Waals surface area contributed by atoms with E-state index in [0.717, 1.165) is 29.0 Å². The average molecular weight is 532 g/mol. The van der Waals surface area contributed by atoms with Gasteiger partial charge >= 0.3 is 0 Å². The summed E-state index contributed by atoms with van der Waals surface area (Å²) in [7, 11) is -3.45. The fourth-order valence-corrected chi connectivity index (χ4v) is 5.42. The second kappa shape index (κ2) is 4.66. The van der Waals surface area contributed by atoms with Crippen LogP contribution in [0.15, 0.2) is 51.9 Å². The van der Waals surface area contributed by atoms with E-state index in [4.69, 9.17) is 0 Å². The molecule has 0 aliphatic carbocycles. The minimum absolute atomic E-state index is 0.336. The molecule has 0 atom stereocenters. The van der Waals surface area contributed by atoms with Crippen molar-refractivity contribution < 1.29 is 8.42 Å². The van der Waals surface area contributed by atoms with E-state index in [-0.39, 0.29) is 0 Å². The summed E-state index contributed by atoms with van der Waals surface area (Å²) >= 11 is 13.5. The highest BCUT2D eigenvalue weighted by molar-refractivity contribution is 9.13. The molecule has 1 aliphatic heterocycles. The molecule has 3 rings (SSSR count). The van der Waals surface area contributed by atoms with Gasteiger partial charge in [0.05, 0.1) is 9.79 Å². The molecule has 1 heterocycles. The summed E-state index contributed by atoms with van der Waals surface area (Å²) in [6.07, 6.45) is 0. The quantitative estimate of drug-likeness (QED) is 0.381. The smallest absolute Gasteiger partial charge is 0.207 e. The maximum atomic E-state index is 12.5. The summed E-state index contributed by atoms with van der Waals surface area (Å²) in [5, 5.41) is 0. The zero-order valence-corrected chi connectivity index (χ0v) is 16.2. The van der Waals surface area contributed by atoms with Crippen molar-refractivity contribution in [2.24, 2.45) is 0 Å². The fraction of sp³-hybridized carbons (Fsp3) is 0. The molecule has 0 N–H and O–H groups in total. The van der Waals surface area contributed by atoms with E-state index >= 15 is 0 Å². The Bertz CT molecular complexity index is 765. The van der Waals surface area contributed by atoms with Gasteiger partial charge in [0.25, 0.3) is 0 Å². The van der Waals surface area contributed by atoms with Crippen molar-refractivity contribution in [3.05, 3.63) is 42.2 Å². The van der Waals surface area contributed by atoms with E-state index in [9.17, 15) is 8.42 Å². The Hall–Kier alpha value is 0.310. The van der Waals surface area contributed by atoms with Crippen LogP contribution in [-0.4, -0.2) is 8.42 Å². The highest BCUT2D eigenvalue weighted by atomic mass is 79.9. The molecule has 0 saturated heterocycles. The summed E-state index contributed by atoms with van der Waals surface area (Å²) in [4.78, 5) is 0.671. The van der Waals surface area contributed by atoms with Gasteiger partial charge in [0.15, 0.2) is 0 Å². The number of hydrogen-bond donors (Lipinski definition) is 0. The molecule has 0 fully saturated rings. The first-order valence-corrected chi connectivity index (χ1v) is 9.71. The van der Waals surface area contributed by atoms with Gasteiger partial charge in [0, 0.05) is 29.0 Å². The summed E-state index contributed by atoms with van der Waals surface area (Å²) in [5.74, 6) is 0. The number of benzene rings is 2. The van der Waals surface area contributed by atoms with Crippen LogP contribution < -0.4 is 0 Å². The molecule has 2 nitrogen and oxygen atoms in total. The molecule has 2 aromatic rings. The predicted octanol–water partition coefficient (Wildman–Crippen LogP) is 5.55. The molecule has 19 heavy (non-hydrogen) atoms. The van der Waals surface area contributed by atoms with E-state index < -0.39 is 9.84 Å². The average Bonchev–Trinajstić information content (AvgIpc) is 2.52. The summed E-state index contributed by atoms with van der Waals surface area (Å²) in [6.45, 7) is 0. The molecule has 0 spiro atoms. The van der Waals surface area contributed by atoms with Gasteiger partial charge in [-0.1, -0.05) is 0 Å². The topological polar surface area (TPSA) is 34.1 Å². The van der Waals surface area contributed by atoms with Gasteiger partial charge < -0.3 is 0 Å². The maximum absolute atomic E-state index is 12.5. The summed E-state index contributed by atoms with van der Waals surface area (Å²) < 4.78 is 28.2. The van der Waals surface area contributed by atoms with Crippen LogP contribution in [0.5, 0.6) is 0 Å².